The van der Waals surface area contributed by atoms with Crippen molar-refractivity contribution in [2.24, 2.45) is 5.92 Å². The summed E-state index contributed by atoms with van der Waals surface area (Å²) in [6.45, 7) is 2.52. The van der Waals surface area contributed by atoms with Gasteiger partial charge in [0.05, 0.1) is 5.92 Å². The molecule has 132 valence electrons. The van der Waals surface area contributed by atoms with Gasteiger partial charge in [0.25, 0.3) is 0 Å². The molecule has 0 bridgehead atoms. The number of aliphatic carboxylic acids is 1. The molecular formula is C21H24ClNO2. The minimum atomic E-state index is -0.701. The monoisotopic (exact) mass is 357 g/mol. The number of aryl methyl sites for hydroxylation is 1. The Morgan fingerprint density at radius 2 is 1.84 bits per heavy atom. The van der Waals surface area contributed by atoms with Crippen molar-refractivity contribution in [3.8, 4) is 0 Å². The van der Waals surface area contributed by atoms with Gasteiger partial charge in [-0.05, 0) is 61.5 Å². The van der Waals surface area contributed by atoms with Crippen LogP contribution >= 0.6 is 11.6 Å². The Kier molecular flexibility index (Phi) is 6.11. The Morgan fingerprint density at radius 3 is 2.52 bits per heavy atom. The van der Waals surface area contributed by atoms with Gasteiger partial charge in [0, 0.05) is 11.6 Å². The van der Waals surface area contributed by atoms with Crippen LogP contribution in [-0.2, 0) is 11.2 Å². The van der Waals surface area contributed by atoms with Crippen molar-refractivity contribution in [1.82, 2.24) is 4.90 Å². The number of benzene rings is 2. The van der Waals surface area contributed by atoms with E-state index in [1.54, 1.807) is 0 Å². The summed E-state index contributed by atoms with van der Waals surface area (Å²) < 4.78 is 0. The number of hydrogen-bond acceptors (Lipinski definition) is 2. The summed E-state index contributed by atoms with van der Waals surface area (Å²) >= 11 is 5.96. The third kappa shape index (κ3) is 4.83. The zero-order chi connectivity index (χ0) is 17.6. The molecule has 1 N–H and O–H groups in total. The molecule has 25 heavy (non-hydrogen) atoms. The summed E-state index contributed by atoms with van der Waals surface area (Å²) in [5, 5.41) is 10.4. The fraction of sp³-hybridized carbons (Fsp3) is 0.381. The summed E-state index contributed by atoms with van der Waals surface area (Å²) in [5.41, 5.74) is 2.43. The number of carbonyl (C=O) groups is 1. The van der Waals surface area contributed by atoms with Gasteiger partial charge in [0.15, 0.2) is 0 Å². The molecule has 0 saturated carbocycles. The summed E-state index contributed by atoms with van der Waals surface area (Å²) in [5.74, 6) is -0.987. The molecule has 0 aliphatic carbocycles. The summed E-state index contributed by atoms with van der Waals surface area (Å²) in [6, 6.07) is 18.1. The van der Waals surface area contributed by atoms with Crippen LogP contribution in [0.25, 0.3) is 0 Å². The molecule has 0 unspecified atom stereocenters. The summed E-state index contributed by atoms with van der Waals surface area (Å²) in [4.78, 5) is 14.1. The second kappa shape index (κ2) is 8.50. The van der Waals surface area contributed by atoms with Crippen molar-refractivity contribution in [3.63, 3.8) is 0 Å². The molecule has 1 fully saturated rings. The molecule has 3 rings (SSSR count). The average Bonchev–Trinajstić information content (AvgIpc) is 2.63. The fourth-order valence-corrected chi connectivity index (χ4v) is 3.86. The predicted molar refractivity (Wildman–Crippen MR) is 101 cm³/mol. The molecule has 1 aliphatic heterocycles. The molecule has 3 nitrogen and oxygen atoms in total. The maximum atomic E-state index is 11.8. The van der Waals surface area contributed by atoms with Crippen molar-refractivity contribution in [1.29, 1.82) is 0 Å². The smallest absolute Gasteiger partial charge is 0.308 e. The average molecular weight is 358 g/mol. The van der Waals surface area contributed by atoms with E-state index in [4.69, 9.17) is 11.6 Å². The molecule has 2 atom stereocenters. The SMILES string of the molecule is O=C(O)[C@@H]1CN(CCCc2ccccc2)CC[C@@H]1c1ccc(Cl)cc1. The highest BCUT2D eigenvalue weighted by molar-refractivity contribution is 6.30. The normalized spacial score (nSPS) is 21.2. The zero-order valence-corrected chi connectivity index (χ0v) is 15.0. The maximum absolute atomic E-state index is 11.8. The van der Waals surface area contributed by atoms with E-state index in [0.717, 1.165) is 37.9 Å². The van der Waals surface area contributed by atoms with Gasteiger partial charge in [-0.15, -0.1) is 0 Å². The van der Waals surface area contributed by atoms with E-state index in [2.05, 4.69) is 29.2 Å². The number of carboxylic acids is 1. The molecule has 2 aromatic rings. The predicted octanol–water partition coefficient (Wildman–Crippen LogP) is 4.46. The number of nitrogens with zero attached hydrogens (tertiary/aromatic N) is 1. The Labute approximate surface area is 154 Å². The van der Waals surface area contributed by atoms with E-state index in [9.17, 15) is 9.90 Å². The van der Waals surface area contributed by atoms with E-state index in [0.29, 0.717) is 11.6 Å². The number of halogens is 1. The van der Waals surface area contributed by atoms with Crippen LogP contribution in [0.1, 0.15) is 29.9 Å². The first kappa shape index (κ1) is 18.0. The second-order valence-corrected chi connectivity index (χ2v) is 7.22. The van der Waals surface area contributed by atoms with Gasteiger partial charge in [-0.25, -0.2) is 0 Å². The Balaban J connectivity index is 1.57. The van der Waals surface area contributed by atoms with Crippen LogP contribution in [0.2, 0.25) is 5.02 Å². The third-order valence-corrected chi connectivity index (χ3v) is 5.35. The van der Waals surface area contributed by atoms with Crippen molar-refractivity contribution < 1.29 is 9.90 Å². The first-order valence-electron chi connectivity index (χ1n) is 8.88. The van der Waals surface area contributed by atoms with Gasteiger partial charge in [-0.2, -0.15) is 0 Å². The molecule has 0 spiro atoms. The molecule has 0 aromatic heterocycles. The minimum Gasteiger partial charge on any atom is -0.481 e. The topological polar surface area (TPSA) is 40.5 Å². The van der Waals surface area contributed by atoms with Crippen LogP contribution in [-0.4, -0.2) is 35.6 Å². The number of piperidine rings is 1. The lowest BCUT2D eigenvalue weighted by Crippen LogP contribution is -2.43. The fourth-order valence-electron chi connectivity index (χ4n) is 3.73. The minimum absolute atomic E-state index is 0.0696. The molecular weight excluding hydrogens is 334 g/mol. The molecule has 0 amide bonds. The Morgan fingerprint density at radius 1 is 1.12 bits per heavy atom. The van der Waals surface area contributed by atoms with Crippen LogP contribution < -0.4 is 0 Å². The van der Waals surface area contributed by atoms with Crippen LogP contribution in [0.4, 0.5) is 0 Å². The number of carboxylic acid groups (broad SMARTS) is 1. The largest absolute Gasteiger partial charge is 0.481 e. The maximum Gasteiger partial charge on any atom is 0.308 e. The molecule has 0 radical (unpaired) electrons. The lowest BCUT2D eigenvalue weighted by Gasteiger charge is -2.36. The first-order valence-corrected chi connectivity index (χ1v) is 9.26. The van der Waals surface area contributed by atoms with E-state index < -0.39 is 5.97 Å². The molecule has 1 aliphatic rings. The molecule has 1 saturated heterocycles. The van der Waals surface area contributed by atoms with Gasteiger partial charge in [-0.1, -0.05) is 54.1 Å². The zero-order valence-electron chi connectivity index (χ0n) is 14.3. The van der Waals surface area contributed by atoms with Gasteiger partial charge in [0.2, 0.25) is 0 Å². The molecule has 4 heteroatoms. The van der Waals surface area contributed by atoms with E-state index in [1.807, 2.05) is 30.3 Å². The van der Waals surface area contributed by atoms with Crippen molar-refractivity contribution in [3.05, 3.63) is 70.7 Å². The summed E-state index contributed by atoms with van der Waals surface area (Å²) in [6.07, 6.45) is 2.97. The number of rotatable bonds is 6. The number of hydrogen-bond donors (Lipinski definition) is 1. The summed E-state index contributed by atoms with van der Waals surface area (Å²) in [7, 11) is 0. The standard InChI is InChI=1S/C21H24ClNO2/c22-18-10-8-17(9-11-18)19-12-14-23(15-20(19)21(24)25)13-4-7-16-5-2-1-3-6-16/h1-3,5-6,8-11,19-20H,4,7,12-15H2,(H,24,25)/t19-,20-/m1/s1. The van der Waals surface area contributed by atoms with E-state index in [1.165, 1.54) is 5.56 Å². The van der Waals surface area contributed by atoms with Gasteiger partial charge in [0.1, 0.15) is 0 Å². The van der Waals surface area contributed by atoms with Gasteiger partial charge >= 0.3 is 5.97 Å². The van der Waals surface area contributed by atoms with Crippen LogP contribution in [0.3, 0.4) is 0 Å². The lowest BCUT2D eigenvalue weighted by atomic mass is 9.80. The highest BCUT2D eigenvalue weighted by atomic mass is 35.5. The van der Waals surface area contributed by atoms with Crippen LogP contribution in [0.5, 0.6) is 0 Å². The highest BCUT2D eigenvalue weighted by Gasteiger charge is 2.34. The van der Waals surface area contributed by atoms with Crippen molar-refractivity contribution >= 4 is 17.6 Å². The molecule has 2 aromatic carbocycles. The molecule has 1 heterocycles. The lowest BCUT2D eigenvalue weighted by molar-refractivity contribution is -0.144. The number of likely N-dealkylation sites (tertiary alicyclic amines) is 1. The van der Waals surface area contributed by atoms with Crippen LogP contribution in [0, 0.1) is 5.92 Å². The first-order chi connectivity index (χ1) is 12.1. The highest BCUT2D eigenvalue weighted by Crippen LogP contribution is 2.34. The van der Waals surface area contributed by atoms with Gasteiger partial charge in [-0.3, -0.25) is 4.79 Å². The quantitative estimate of drug-likeness (QED) is 0.829. The third-order valence-electron chi connectivity index (χ3n) is 5.09. The second-order valence-electron chi connectivity index (χ2n) is 6.78. The Hall–Kier alpha value is -1.84. The Bertz CT molecular complexity index is 687. The van der Waals surface area contributed by atoms with E-state index in [-0.39, 0.29) is 11.8 Å². The van der Waals surface area contributed by atoms with Crippen molar-refractivity contribution in [2.45, 2.75) is 25.2 Å². The van der Waals surface area contributed by atoms with Crippen molar-refractivity contribution in [2.75, 3.05) is 19.6 Å². The van der Waals surface area contributed by atoms with Crippen LogP contribution in [0.15, 0.2) is 54.6 Å². The van der Waals surface area contributed by atoms with E-state index >= 15 is 0 Å². The van der Waals surface area contributed by atoms with Gasteiger partial charge < -0.3 is 10.0 Å².